The van der Waals surface area contributed by atoms with E-state index in [1.165, 1.54) is 37.9 Å². The molecule has 0 aromatic heterocycles. The zero-order valence-electron chi connectivity index (χ0n) is 37.5. The molecule has 0 unspecified atom stereocenters. The lowest BCUT2D eigenvalue weighted by Crippen LogP contribution is -2.57. The first-order valence-electron chi connectivity index (χ1n) is 21.0. The number of ether oxygens (including phenoxy) is 3. The summed E-state index contributed by atoms with van der Waals surface area (Å²) in [5.41, 5.74) is 3.58. The van der Waals surface area contributed by atoms with Crippen LogP contribution in [0.5, 0.6) is 0 Å². The summed E-state index contributed by atoms with van der Waals surface area (Å²) in [4.78, 5) is 43.9. The molecule has 0 radical (unpaired) electrons. The molecule has 0 aliphatic rings. The van der Waals surface area contributed by atoms with E-state index in [1.54, 1.807) is 41.5 Å². The number of carbonyl (C=O) groups excluding carboxylic acids is 3. The fraction of sp³-hybridized carbons (Fsp3) is 0.604. The first-order valence-corrected chi connectivity index (χ1v) is 23.9. The largest absolute Gasteiger partial charge is 0.459 e. The Hall–Kier alpha value is -3.53. The highest BCUT2D eigenvalue weighted by Gasteiger charge is 2.47. The Bertz CT molecular complexity index is 1760. The van der Waals surface area contributed by atoms with Gasteiger partial charge >= 0.3 is 11.9 Å². The maximum absolute atomic E-state index is 14.9. The van der Waals surface area contributed by atoms with Gasteiger partial charge in [-0.25, -0.2) is 4.79 Å². The van der Waals surface area contributed by atoms with Crippen molar-refractivity contribution in [1.82, 2.24) is 4.90 Å². The number of unbranched alkanes of at least 4 members (excludes halogenated alkanes) is 4. The van der Waals surface area contributed by atoms with Crippen LogP contribution in [0.25, 0.3) is 10.8 Å². The fourth-order valence-corrected chi connectivity index (χ4v) is 7.54. The van der Waals surface area contributed by atoms with Gasteiger partial charge in [0.25, 0.3) is 5.91 Å². The molecule has 0 saturated heterocycles. The molecule has 9 heteroatoms. The minimum atomic E-state index is -2.65. The first kappa shape index (κ1) is 47.8. The smallest absolute Gasteiger partial charge is 0.337 e. The zero-order valence-corrected chi connectivity index (χ0v) is 38.5. The molecule has 0 saturated carbocycles. The molecule has 1 amide bonds. The quantitative estimate of drug-likeness (QED) is 0.0638. The van der Waals surface area contributed by atoms with Gasteiger partial charge in [0.2, 0.25) is 0 Å². The van der Waals surface area contributed by atoms with E-state index in [2.05, 4.69) is 89.2 Å². The van der Waals surface area contributed by atoms with Gasteiger partial charge in [-0.05, 0) is 145 Å². The highest BCUT2D eigenvalue weighted by atomic mass is 28.4. The number of hydrogen-bond acceptors (Lipinski definition) is 7. The Kier molecular flexibility index (Phi) is 17.6. The molecule has 57 heavy (non-hydrogen) atoms. The molecule has 8 nitrogen and oxygen atoms in total. The van der Waals surface area contributed by atoms with Crippen molar-refractivity contribution in [2.75, 3.05) is 19.7 Å². The number of fused-ring (bicyclic) bond motifs is 1. The Morgan fingerprint density at radius 1 is 0.649 bits per heavy atom. The van der Waals surface area contributed by atoms with Crippen molar-refractivity contribution >= 4 is 36.9 Å². The lowest BCUT2D eigenvalue weighted by molar-refractivity contribution is -0.179. The number of aryl methyl sites for hydroxylation is 4. The summed E-state index contributed by atoms with van der Waals surface area (Å²) >= 11 is 0. The molecule has 0 N–H and O–H groups in total. The van der Waals surface area contributed by atoms with E-state index < -0.39 is 49.6 Å². The van der Waals surface area contributed by atoms with Gasteiger partial charge in [0.05, 0.1) is 0 Å². The molecule has 3 aromatic carbocycles. The summed E-state index contributed by atoms with van der Waals surface area (Å²) in [6.07, 6.45) is 4.18. The van der Waals surface area contributed by atoms with E-state index >= 15 is 0 Å². The SMILES string of the molecule is Cc1ccc(CCCCCO[C@@H](C(=O)N(CCCCCc2ccc3ccccc3c2)CC(=O)OC(C)(C)C)[C@@H](O[Si](C)(C)C(C)(C)C)C(=O)OC(C)(C)C)cc1C. The van der Waals surface area contributed by atoms with Crippen molar-refractivity contribution in [3.05, 3.63) is 82.9 Å². The summed E-state index contributed by atoms with van der Waals surface area (Å²) in [6, 6.07) is 21.5. The second kappa shape index (κ2) is 20.9. The Balaban J connectivity index is 1.86. The zero-order chi connectivity index (χ0) is 42.6. The molecule has 0 aliphatic carbocycles. The number of amides is 1. The van der Waals surface area contributed by atoms with Crippen LogP contribution in [0.3, 0.4) is 0 Å². The maximum Gasteiger partial charge on any atom is 0.337 e. The molecule has 0 aliphatic heterocycles. The molecule has 0 bridgehead atoms. The monoisotopic (exact) mass is 804 g/mol. The third-order valence-corrected chi connectivity index (χ3v) is 15.1. The number of esters is 2. The summed E-state index contributed by atoms with van der Waals surface area (Å²) < 4.78 is 24.9. The topological polar surface area (TPSA) is 91.4 Å². The molecule has 0 fully saturated rings. The van der Waals surface area contributed by atoms with Crippen molar-refractivity contribution in [3.8, 4) is 0 Å². The number of hydrogen-bond donors (Lipinski definition) is 0. The van der Waals surface area contributed by atoms with Crippen molar-refractivity contribution in [1.29, 1.82) is 0 Å². The van der Waals surface area contributed by atoms with Crippen molar-refractivity contribution < 1.29 is 33.0 Å². The summed E-state index contributed by atoms with van der Waals surface area (Å²) in [5.74, 6) is -1.63. The number of carbonyl (C=O) groups is 3. The van der Waals surface area contributed by atoms with Gasteiger partial charge < -0.3 is 23.5 Å². The standard InChI is InChI=1S/C48H73NO7Si/c1-35-26-27-37(32-36(35)2)22-17-15-21-31-53-42(43(45(52)55-47(6,7)8)56-57(12,13)48(9,10)11)44(51)49(34-41(50)54-46(3,4)5)30-20-14-16-23-38-28-29-39-24-18-19-25-40(39)33-38/h18-19,24-29,32-33,42-43H,14-17,20-23,30-31,34H2,1-13H3/t42-,43-/m1/s1. The Morgan fingerprint density at radius 2 is 1.23 bits per heavy atom. The normalized spacial score (nSPS) is 13.6. The minimum Gasteiger partial charge on any atom is -0.459 e. The highest BCUT2D eigenvalue weighted by Crippen LogP contribution is 2.38. The van der Waals surface area contributed by atoms with Crippen LogP contribution in [0, 0.1) is 13.8 Å². The fourth-order valence-electron chi connectivity index (χ4n) is 6.33. The minimum absolute atomic E-state index is 0.246. The van der Waals surface area contributed by atoms with Crippen LogP contribution in [-0.4, -0.2) is 74.2 Å². The third kappa shape index (κ3) is 16.3. The third-order valence-electron chi connectivity index (χ3n) is 10.6. The highest BCUT2D eigenvalue weighted by molar-refractivity contribution is 6.74. The van der Waals surface area contributed by atoms with Crippen LogP contribution in [0.4, 0.5) is 0 Å². The molecular formula is C48H73NO7Si. The molecule has 0 heterocycles. The van der Waals surface area contributed by atoms with Crippen LogP contribution in [0.1, 0.15) is 123 Å². The van der Waals surface area contributed by atoms with E-state index in [9.17, 15) is 14.4 Å². The van der Waals surface area contributed by atoms with Crippen LogP contribution in [-0.2, 0) is 45.9 Å². The van der Waals surface area contributed by atoms with E-state index in [0.29, 0.717) is 19.4 Å². The van der Waals surface area contributed by atoms with Crippen molar-refractivity contribution in [2.45, 2.75) is 169 Å². The van der Waals surface area contributed by atoms with Crippen molar-refractivity contribution in [2.24, 2.45) is 0 Å². The molecule has 2 atom stereocenters. The Morgan fingerprint density at radius 3 is 1.82 bits per heavy atom. The summed E-state index contributed by atoms with van der Waals surface area (Å²) in [5, 5.41) is 2.17. The predicted molar refractivity (Wildman–Crippen MR) is 235 cm³/mol. The molecule has 0 spiro atoms. The predicted octanol–water partition coefficient (Wildman–Crippen LogP) is 10.9. The number of rotatable bonds is 20. The average Bonchev–Trinajstić information content (AvgIpc) is 3.09. The first-order chi connectivity index (χ1) is 26.5. The van der Waals surface area contributed by atoms with E-state index in [0.717, 1.165) is 38.5 Å². The molecular weight excluding hydrogens is 731 g/mol. The van der Waals surface area contributed by atoms with Gasteiger partial charge in [-0.15, -0.1) is 0 Å². The molecule has 3 aromatic rings. The number of benzene rings is 3. The molecule has 3 rings (SSSR count). The lowest BCUT2D eigenvalue weighted by atomic mass is 10.0. The van der Waals surface area contributed by atoms with Gasteiger partial charge in [-0.2, -0.15) is 0 Å². The van der Waals surface area contributed by atoms with Crippen molar-refractivity contribution in [3.63, 3.8) is 0 Å². The van der Waals surface area contributed by atoms with Crippen LogP contribution < -0.4 is 0 Å². The van der Waals surface area contributed by atoms with E-state index in [4.69, 9.17) is 18.6 Å². The molecule has 316 valence electrons. The maximum atomic E-state index is 14.9. The second-order valence-corrected chi connectivity index (χ2v) is 23.9. The van der Waals surface area contributed by atoms with E-state index in [1.807, 2.05) is 19.2 Å². The number of nitrogens with zero attached hydrogens (tertiary/aromatic N) is 1. The van der Waals surface area contributed by atoms with Crippen LogP contribution in [0.15, 0.2) is 60.7 Å². The second-order valence-electron chi connectivity index (χ2n) is 19.2. The average molecular weight is 804 g/mol. The van der Waals surface area contributed by atoms with Gasteiger partial charge in [0, 0.05) is 13.2 Å². The lowest BCUT2D eigenvalue weighted by Gasteiger charge is -2.41. The Labute approximate surface area is 345 Å². The van der Waals surface area contributed by atoms with E-state index in [-0.39, 0.29) is 18.2 Å². The van der Waals surface area contributed by atoms with Gasteiger partial charge in [-0.1, -0.05) is 94.3 Å². The summed E-state index contributed by atoms with van der Waals surface area (Å²) in [6.45, 7) is 25.7. The van der Waals surface area contributed by atoms with Gasteiger partial charge in [0.15, 0.2) is 20.5 Å². The summed E-state index contributed by atoms with van der Waals surface area (Å²) in [7, 11) is -2.65. The van der Waals surface area contributed by atoms with Gasteiger partial charge in [0.1, 0.15) is 17.7 Å². The van der Waals surface area contributed by atoms with Gasteiger partial charge in [-0.3, -0.25) is 9.59 Å². The van der Waals surface area contributed by atoms with Crippen LogP contribution in [0.2, 0.25) is 18.1 Å². The van der Waals surface area contributed by atoms with Crippen LogP contribution >= 0.6 is 0 Å².